The SMILES string of the molecule is CCCOc1ccc(CN=C(NCC)NCCCOCC2CC2)cc1OC. The smallest absolute Gasteiger partial charge is 0.191 e. The van der Waals surface area contributed by atoms with Crippen LogP contribution in [0.15, 0.2) is 23.2 Å². The molecule has 152 valence electrons. The number of benzene rings is 1. The molecule has 0 radical (unpaired) electrons. The highest BCUT2D eigenvalue weighted by atomic mass is 16.5. The summed E-state index contributed by atoms with van der Waals surface area (Å²) in [6.07, 6.45) is 4.63. The molecule has 1 aliphatic rings. The van der Waals surface area contributed by atoms with Gasteiger partial charge in [0.25, 0.3) is 0 Å². The normalized spacial score (nSPS) is 14.1. The van der Waals surface area contributed by atoms with Crippen molar-refractivity contribution in [1.29, 1.82) is 0 Å². The largest absolute Gasteiger partial charge is 0.493 e. The average molecular weight is 378 g/mol. The molecule has 0 aliphatic heterocycles. The van der Waals surface area contributed by atoms with Gasteiger partial charge in [-0.15, -0.1) is 0 Å². The third-order valence-electron chi connectivity index (χ3n) is 4.26. The van der Waals surface area contributed by atoms with E-state index < -0.39 is 0 Å². The summed E-state index contributed by atoms with van der Waals surface area (Å²) in [5, 5.41) is 6.65. The van der Waals surface area contributed by atoms with Crippen LogP contribution in [0.4, 0.5) is 0 Å². The highest BCUT2D eigenvalue weighted by molar-refractivity contribution is 5.79. The summed E-state index contributed by atoms with van der Waals surface area (Å²) in [6, 6.07) is 5.98. The Balaban J connectivity index is 1.79. The molecule has 6 nitrogen and oxygen atoms in total. The lowest BCUT2D eigenvalue weighted by Gasteiger charge is -2.13. The number of rotatable bonds is 13. The molecule has 1 saturated carbocycles. The monoisotopic (exact) mass is 377 g/mol. The summed E-state index contributed by atoms with van der Waals surface area (Å²) in [6.45, 7) is 8.83. The second kappa shape index (κ2) is 12.4. The number of hydrogen-bond donors (Lipinski definition) is 2. The summed E-state index contributed by atoms with van der Waals surface area (Å²) in [5.74, 6) is 3.18. The average Bonchev–Trinajstić information content (AvgIpc) is 3.51. The molecule has 1 aliphatic carbocycles. The lowest BCUT2D eigenvalue weighted by Crippen LogP contribution is -2.38. The Labute approximate surface area is 163 Å². The molecule has 0 saturated heterocycles. The zero-order chi connectivity index (χ0) is 19.3. The van der Waals surface area contributed by atoms with Crippen molar-refractivity contribution in [2.75, 3.05) is 40.0 Å². The zero-order valence-corrected chi connectivity index (χ0v) is 17.1. The van der Waals surface area contributed by atoms with Gasteiger partial charge < -0.3 is 24.8 Å². The molecule has 0 atom stereocenters. The van der Waals surface area contributed by atoms with E-state index in [2.05, 4.69) is 29.5 Å². The molecule has 0 aromatic heterocycles. The summed E-state index contributed by atoms with van der Waals surface area (Å²) in [4.78, 5) is 4.66. The maximum Gasteiger partial charge on any atom is 0.191 e. The van der Waals surface area contributed by atoms with Gasteiger partial charge in [0.15, 0.2) is 17.5 Å². The predicted octanol–water partition coefficient (Wildman–Crippen LogP) is 3.36. The van der Waals surface area contributed by atoms with E-state index in [0.717, 1.165) is 68.1 Å². The van der Waals surface area contributed by atoms with Gasteiger partial charge in [-0.05, 0) is 56.2 Å². The van der Waals surface area contributed by atoms with Crippen molar-refractivity contribution in [3.05, 3.63) is 23.8 Å². The van der Waals surface area contributed by atoms with Crippen molar-refractivity contribution < 1.29 is 14.2 Å². The van der Waals surface area contributed by atoms with Gasteiger partial charge >= 0.3 is 0 Å². The number of guanidine groups is 1. The summed E-state index contributed by atoms with van der Waals surface area (Å²) >= 11 is 0. The fraction of sp³-hybridized carbons (Fsp3) is 0.667. The van der Waals surface area contributed by atoms with Crippen LogP contribution in [0.5, 0.6) is 11.5 Å². The fourth-order valence-electron chi connectivity index (χ4n) is 2.57. The van der Waals surface area contributed by atoms with Crippen molar-refractivity contribution >= 4 is 5.96 Å². The molecule has 6 heteroatoms. The van der Waals surface area contributed by atoms with Gasteiger partial charge in [-0.25, -0.2) is 4.99 Å². The summed E-state index contributed by atoms with van der Waals surface area (Å²) in [7, 11) is 1.66. The standard InChI is InChI=1S/C21H35N3O3/c1-4-12-27-19-10-9-18(14-20(19)25-3)15-24-21(22-5-2)23-11-6-13-26-16-17-7-8-17/h9-10,14,17H,4-8,11-13,15-16H2,1-3H3,(H2,22,23,24). The quantitative estimate of drug-likeness (QED) is 0.314. The number of ether oxygens (including phenoxy) is 3. The first-order chi connectivity index (χ1) is 13.3. The first kappa shape index (κ1) is 21.4. The molecule has 2 N–H and O–H groups in total. The second-order valence-electron chi connectivity index (χ2n) is 6.83. The molecule has 1 aromatic carbocycles. The number of methoxy groups -OCH3 is 1. The van der Waals surface area contributed by atoms with E-state index in [4.69, 9.17) is 14.2 Å². The molecule has 0 spiro atoms. The minimum absolute atomic E-state index is 0.581. The summed E-state index contributed by atoms with van der Waals surface area (Å²) in [5.41, 5.74) is 1.08. The third-order valence-corrected chi connectivity index (χ3v) is 4.26. The maximum absolute atomic E-state index is 5.70. The molecule has 27 heavy (non-hydrogen) atoms. The van der Waals surface area contributed by atoms with Crippen LogP contribution in [0.2, 0.25) is 0 Å². The number of hydrogen-bond acceptors (Lipinski definition) is 4. The van der Waals surface area contributed by atoms with Crippen molar-refractivity contribution in [2.45, 2.75) is 46.1 Å². The Morgan fingerprint density at radius 2 is 2.00 bits per heavy atom. The first-order valence-electron chi connectivity index (χ1n) is 10.2. The molecule has 2 rings (SSSR count). The van der Waals surface area contributed by atoms with Crippen LogP contribution >= 0.6 is 0 Å². The number of aliphatic imine (C=N–C) groups is 1. The van der Waals surface area contributed by atoms with Gasteiger partial charge in [0, 0.05) is 26.3 Å². The van der Waals surface area contributed by atoms with Crippen molar-refractivity contribution in [3.8, 4) is 11.5 Å². The predicted molar refractivity (Wildman–Crippen MR) is 110 cm³/mol. The van der Waals surface area contributed by atoms with Gasteiger partial charge in [-0.1, -0.05) is 13.0 Å². The van der Waals surface area contributed by atoms with E-state index in [1.54, 1.807) is 7.11 Å². The van der Waals surface area contributed by atoms with E-state index in [0.29, 0.717) is 13.2 Å². The minimum Gasteiger partial charge on any atom is -0.493 e. The molecule has 0 unspecified atom stereocenters. The minimum atomic E-state index is 0.581. The van der Waals surface area contributed by atoms with Crippen molar-refractivity contribution in [3.63, 3.8) is 0 Å². The number of nitrogens with one attached hydrogen (secondary N) is 2. The highest BCUT2D eigenvalue weighted by Gasteiger charge is 2.20. The van der Waals surface area contributed by atoms with Crippen LogP contribution < -0.4 is 20.1 Å². The summed E-state index contributed by atoms with van der Waals surface area (Å²) < 4.78 is 16.8. The molecule has 0 amide bonds. The van der Waals surface area contributed by atoms with Crippen LogP contribution in [-0.4, -0.2) is 46.0 Å². The van der Waals surface area contributed by atoms with Gasteiger partial charge in [-0.3, -0.25) is 0 Å². The fourth-order valence-corrected chi connectivity index (χ4v) is 2.57. The van der Waals surface area contributed by atoms with Crippen LogP contribution in [0.25, 0.3) is 0 Å². The van der Waals surface area contributed by atoms with E-state index in [-0.39, 0.29) is 0 Å². The van der Waals surface area contributed by atoms with E-state index in [1.807, 2.05) is 18.2 Å². The van der Waals surface area contributed by atoms with Gasteiger partial charge in [0.05, 0.1) is 20.3 Å². The first-order valence-corrected chi connectivity index (χ1v) is 10.2. The van der Waals surface area contributed by atoms with E-state index in [9.17, 15) is 0 Å². The Morgan fingerprint density at radius 1 is 1.15 bits per heavy atom. The highest BCUT2D eigenvalue weighted by Crippen LogP contribution is 2.29. The molecule has 1 fully saturated rings. The van der Waals surface area contributed by atoms with Gasteiger partial charge in [0.2, 0.25) is 0 Å². The molecule has 0 bridgehead atoms. The van der Waals surface area contributed by atoms with Crippen LogP contribution in [0.1, 0.15) is 45.1 Å². The van der Waals surface area contributed by atoms with Crippen LogP contribution in [0, 0.1) is 5.92 Å². The van der Waals surface area contributed by atoms with Gasteiger partial charge in [0.1, 0.15) is 0 Å². The Kier molecular flexibility index (Phi) is 9.84. The molecule has 1 aromatic rings. The van der Waals surface area contributed by atoms with Crippen molar-refractivity contribution in [1.82, 2.24) is 10.6 Å². The second-order valence-corrected chi connectivity index (χ2v) is 6.83. The molecular formula is C21H35N3O3. The lowest BCUT2D eigenvalue weighted by atomic mass is 10.2. The van der Waals surface area contributed by atoms with E-state index >= 15 is 0 Å². The van der Waals surface area contributed by atoms with E-state index in [1.165, 1.54) is 12.8 Å². The molecule has 0 heterocycles. The third kappa shape index (κ3) is 8.52. The Morgan fingerprint density at radius 3 is 2.70 bits per heavy atom. The lowest BCUT2D eigenvalue weighted by molar-refractivity contribution is 0.123. The van der Waals surface area contributed by atoms with Crippen LogP contribution in [0.3, 0.4) is 0 Å². The van der Waals surface area contributed by atoms with Crippen LogP contribution in [-0.2, 0) is 11.3 Å². The molecular weight excluding hydrogens is 342 g/mol. The maximum atomic E-state index is 5.70. The Bertz CT molecular complexity index is 574. The number of nitrogens with zero attached hydrogens (tertiary/aromatic N) is 1. The topological polar surface area (TPSA) is 64.1 Å². The van der Waals surface area contributed by atoms with Crippen molar-refractivity contribution in [2.24, 2.45) is 10.9 Å². The van der Waals surface area contributed by atoms with Gasteiger partial charge in [-0.2, -0.15) is 0 Å². The Hall–Kier alpha value is -1.95. The zero-order valence-electron chi connectivity index (χ0n) is 17.1.